The Morgan fingerprint density at radius 3 is 2.62 bits per heavy atom. The summed E-state index contributed by atoms with van der Waals surface area (Å²) in [5, 5.41) is 3.42. The molecule has 0 spiro atoms. The van der Waals surface area contributed by atoms with Gasteiger partial charge in [0.05, 0.1) is 7.11 Å². The van der Waals surface area contributed by atoms with Crippen molar-refractivity contribution in [1.29, 1.82) is 0 Å². The predicted molar refractivity (Wildman–Crippen MR) is 59.8 cm³/mol. The largest absolute Gasteiger partial charge is 0.469 e. The summed E-state index contributed by atoms with van der Waals surface area (Å²) in [5.41, 5.74) is 10.4. The van der Waals surface area contributed by atoms with E-state index in [1.54, 1.807) is 0 Å². The third kappa shape index (κ3) is 3.29. The molecule has 0 heterocycles. The van der Waals surface area contributed by atoms with E-state index >= 15 is 0 Å². The fraction of sp³-hybridized carbons (Fsp3) is 0.364. The molecule has 0 aliphatic rings. The highest BCUT2D eigenvalue weighted by Crippen LogP contribution is 2.09. The molecule has 5 nitrogen and oxygen atoms in total. The van der Waals surface area contributed by atoms with Gasteiger partial charge in [0, 0.05) is 4.91 Å². The Morgan fingerprint density at radius 1 is 1.50 bits per heavy atom. The van der Waals surface area contributed by atoms with Crippen molar-refractivity contribution in [2.75, 3.05) is 7.11 Å². The number of carbonyl (C=O) groups excluding carboxylic acids is 1. The van der Waals surface area contributed by atoms with Crippen molar-refractivity contribution in [3.8, 4) is 0 Å². The first-order valence-electron chi connectivity index (χ1n) is 4.85. The molecular formula is C11H13N3O2. The van der Waals surface area contributed by atoms with Gasteiger partial charge in [-0.1, -0.05) is 34.9 Å². The smallest absolute Gasteiger partial charge is 0.314 e. The van der Waals surface area contributed by atoms with Gasteiger partial charge in [0.15, 0.2) is 0 Å². The molecule has 16 heavy (non-hydrogen) atoms. The Bertz CT molecular complexity index is 408. The van der Waals surface area contributed by atoms with E-state index in [4.69, 9.17) is 5.53 Å². The lowest BCUT2D eigenvalue weighted by atomic mass is 10.1. The van der Waals surface area contributed by atoms with E-state index < -0.39 is 12.0 Å². The molecule has 0 aliphatic heterocycles. The van der Waals surface area contributed by atoms with Gasteiger partial charge in [-0.15, -0.1) is 0 Å². The lowest BCUT2D eigenvalue weighted by Crippen LogP contribution is -2.22. The van der Waals surface area contributed by atoms with Crippen LogP contribution in [0.5, 0.6) is 0 Å². The molecule has 0 unspecified atom stereocenters. The average Bonchev–Trinajstić information content (AvgIpc) is 2.30. The molecular weight excluding hydrogens is 206 g/mol. The lowest BCUT2D eigenvalue weighted by Gasteiger charge is -2.08. The van der Waals surface area contributed by atoms with Crippen LogP contribution in [0.2, 0.25) is 0 Å². The van der Waals surface area contributed by atoms with Crippen LogP contribution >= 0.6 is 0 Å². The number of azide groups is 1. The maximum absolute atomic E-state index is 11.3. The van der Waals surface area contributed by atoms with Gasteiger partial charge in [0.25, 0.3) is 0 Å². The number of hydrogen-bond donors (Lipinski definition) is 0. The van der Waals surface area contributed by atoms with Crippen LogP contribution in [0.4, 0.5) is 0 Å². The number of methoxy groups -OCH3 is 1. The maximum Gasteiger partial charge on any atom is 0.314 e. The Labute approximate surface area is 93.7 Å². The number of nitrogens with zero attached hydrogens (tertiary/aromatic N) is 3. The molecule has 1 aromatic carbocycles. The van der Waals surface area contributed by atoms with Crippen LogP contribution in [0.1, 0.15) is 11.1 Å². The molecule has 0 aliphatic carbocycles. The third-order valence-electron chi connectivity index (χ3n) is 2.21. The average molecular weight is 219 g/mol. The Balaban J connectivity index is 2.79. The van der Waals surface area contributed by atoms with Crippen molar-refractivity contribution in [2.24, 2.45) is 5.11 Å². The first-order chi connectivity index (χ1) is 7.67. The maximum atomic E-state index is 11.3. The SMILES string of the molecule is COC(=O)[C@H](Cc1ccc(C)cc1)N=[N+]=[N-]. The number of carbonyl (C=O) groups is 1. The number of esters is 1. The first-order valence-corrected chi connectivity index (χ1v) is 4.85. The van der Waals surface area contributed by atoms with Gasteiger partial charge in [-0.2, -0.15) is 0 Å². The van der Waals surface area contributed by atoms with Crippen LogP contribution in [-0.4, -0.2) is 19.1 Å². The van der Waals surface area contributed by atoms with Crippen LogP contribution < -0.4 is 0 Å². The summed E-state index contributed by atoms with van der Waals surface area (Å²) in [7, 11) is 1.28. The van der Waals surface area contributed by atoms with Crippen molar-refractivity contribution in [3.05, 3.63) is 45.8 Å². The highest BCUT2D eigenvalue weighted by atomic mass is 16.5. The molecule has 5 heteroatoms. The second kappa shape index (κ2) is 5.78. The van der Waals surface area contributed by atoms with Gasteiger partial charge in [-0.25, -0.2) is 0 Å². The molecule has 0 radical (unpaired) electrons. The van der Waals surface area contributed by atoms with Gasteiger partial charge in [0.1, 0.15) is 6.04 Å². The third-order valence-corrected chi connectivity index (χ3v) is 2.21. The van der Waals surface area contributed by atoms with Crippen LogP contribution in [0.3, 0.4) is 0 Å². The monoisotopic (exact) mass is 219 g/mol. The van der Waals surface area contributed by atoms with E-state index in [-0.39, 0.29) is 0 Å². The summed E-state index contributed by atoms with van der Waals surface area (Å²) in [5.74, 6) is -0.515. The van der Waals surface area contributed by atoms with Crippen molar-refractivity contribution in [2.45, 2.75) is 19.4 Å². The minimum Gasteiger partial charge on any atom is -0.469 e. The second-order valence-corrected chi connectivity index (χ2v) is 3.43. The van der Waals surface area contributed by atoms with Crippen LogP contribution in [0.15, 0.2) is 29.4 Å². The zero-order chi connectivity index (χ0) is 12.0. The molecule has 84 valence electrons. The van der Waals surface area contributed by atoms with E-state index in [1.807, 2.05) is 31.2 Å². The number of rotatable bonds is 4. The molecule has 1 atom stereocenters. The molecule has 1 rings (SSSR count). The molecule has 1 aromatic rings. The topological polar surface area (TPSA) is 75.1 Å². The van der Waals surface area contributed by atoms with Crippen molar-refractivity contribution in [3.63, 3.8) is 0 Å². The van der Waals surface area contributed by atoms with Crippen molar-refractivity contribution < 1.29 is 9.53 Å². The normalized spacial score (nSPS) is 11.4. The molecule has 0 saturated heterocycles. The Morgan fingerprint density at radius 2 is 2.12 bits per heavy atom. The van der Waals surface area contributed by atoms with Gasteiger partial charge in [0.2, 0.25) is 0 Å². The van der Waals surface area contributed by atoms with E-state index in [9.17, 15) is 4.79 Å². The van der Waals surface area contributed by atoms with Gasteiger partial charge in [-0.3, -0.25) is 4.79 Å². The summed E-state index contributed by atoms with van der Waals surface area (Å²) in [6.07, 6.45) is 0.358. The molecule has 0 saturated carbocycles. The summed E-state index contributed by atoms with van der Waals surface area (Å²) >= 11 is 0. The molecule has 0 fully saturated rings. The van der Waals surface area contributed by atoms with Gasteiger partial charge < -0.3 is 4.74 Å². The predicted octanol–water partition coefficient (Wildman–Crippen LogP) is 2.39. The second-order valence-electron chi connectivity index (χ2n) is 3.43. The quantitative estimate of drug-likeness (QED) is 0.337. The van der Waals surface area contributed by atoms with Crippen LogP contribution in [-0.2, 0) is 16.0 Å². The van der Waals surface area contributed by atoms with E-state index in [0.717, 1.165) is 11.1 Å². The lowest BCUT2D eigenvalue weighted by molar-refractivity contribution is -0.142. The highest BCUT2D eigenvalue weighted by Gasteiger charge is 2.17. The highest BCUT2D eigenvalue weighted by molar-refractivity contribution is 5.76. The standard InChI is InChI=1S/C11H13N3O2/c1-8-3-5-9(6-4-8)7-10(13-14-12)11(15)16-2/h3-6,10H,7H2,1-2H3/t10-/m0/s1. The summed E-state index contributed by atoms with van der Waals surface area (Å²) < 4.78 is 4.56. The molecule has 0 bridgehead atoms. The fourth-order valence-electron chi connectivity index (χ4n) is 1.32. The van der Waals surface area contributed by atoms with Crippen LogP contribution in [0, 0.1) is 6.92 Å². The van der Waals surface area contributed by atoms with E-state index in [1.165, 1.54) is 7.11 Å². The first kappa shape index (κ1) is 12.1. The number of aryl methyl sites for hydroxylation is 1. The number of benzene rings is 1. The van der Waals surface area contributed by atoms with Crippen LogP contribution in [0.25, 0.3) is 10.4 Å². The Kier molecular flexibility index (Phi) is 4.36. The van der Waals surface area contributed by atoms with E-state index in [0.29, 0.717) is 6.42 Å². The number of ether oxygens (including phenoxy) is 1. The fourth-order valence-corrected chi connectivity index (χ4v) is 1.32. The summed E-state index contributed by atoms with van der Waals surface area (Å²) in [4.78, 5) is 13.9. The summed E-state index contributed by atoms with van der Waals surface area (Å²) in [6.45, 7) is 1.98. The van der Waals surface area contributed by atoms with Gasteiger partial charge in [-0.05, 0) is 24.4 Å². The minimum atomic E-state index is -0.794. The van der Waals surface area contributed by atoms with Gasteiger partial charge >= 0.3 is 5.97 Å². The zero-order valence-corrected chi connectivity index (χ0v) is 9.25. The minimum absolute atomic E-state index is 0.358. The summed E-state index contributed by atoms with van der Waals surface area (Å²) in [6, 6.07) is 6.90. The molecule has 0 N–H and O–H groups in total. The Hall–Kier alpha value is -2.00. The zero-order valence-electron chi connectivity index (χ0n) is 9.25. The van der Waals surface area contributed by atoms with E-state index in [2.05, 4.69) is 14.8 Å². The molecule has 0 amide bonds. The van der Waals surface area contributed by atoms with Crippen molar-refractivity contribution >= 4 is 5.97 Å². The number of hydrogen-bond acceptors (Lipinski definition) is 3. The molecule has 0 aromatic heterocycles. The van der Waals surface area contributed by atoms with Crippen molar-refractivity contribution in [1.82, 2.24) is 0 Å².